The first kappa shape index (κ1) is 30.4. The number of nitrogens with one attached hydrogen (secondary N) is 2. The summed E-state index contributed by atoms with van der Waals surface area (Å²) in [6.07, 6.45) is -3.16. The summed E-state index contributed by atoms with van der Waals surface area (Å²) in [5.74, 6) is -4.70. The van der Waals surface area contributed by atoms with E-state index in [0.29, 0.717) is 17.7 Å². The van der Waals surface area contributed by atoms with E-state index >= 15 is 0 Å². The quantitative estimate of drug-likeness (QED) is 0.253. The molecule has 0 radical (unpaired) electrons. The molecule has 0 aliphatic heterocycles. The smallest absolute Gasteiger partial charge is 0.475 e. The SMILES string of the molecule is COC(=O)CCc1c[nH]c(CNC(=O)[C@@H](N)CC(=O)OC)c1CC(=O)OC.O=C(O)C(F)(F)F. The lowest BCUT2D eigenvalue weighted by Gasteiger charge is -2.12. The lowest BCUT2D eigenvalue weighted by Crippen LogP contribution is -2.41. The van der Waals surface area contributed by atoms with Gasteiger partial charge in [0.2, 0.25) is 5.91 Å². The van der Waals surface area contributed by atoms with Gasteiger partial charge in [0.25, 0.3) is 0 Å². The van der Waals surface area contributed by atoms with Gasteiger partial charge in [0.1, 0.15) is 0 Å². The molecule has 1 aromatic rings. The number of rotatable bonds is 10. The first-order valence-electron chi connectivity index (χ1n) is 9.48. The second-order valence-electron chi connectivity index (χ2n) is 6.51. The summed E-state index contributed by atoms with van der Waals surface area (Å²) in [6.45, 7) is 0.0677. The highest BCUT2D eigenvalue weighted by Gasteiger charge is 2.38. The maximum absolute atomic E-state index is 12.0. The largest absolute Gasteiger partial charge is 0.490 e. The Hall–Kier alpha value is -3.62. The summed E-state index contributed by atoms with van der Waals surface area (Å²) in [5, 5.41) is 9.73. The molecule has 1 aromatic heterocycles. The zero-order valence-corrected chi connectivity index (χ0v) is 18.6. The van der Waals surface area contributed by atoms with Crippen LogP contribution in [0.4, 0.5) is 13.2 Å². The van der Waals surface area contributed by atoms with Crippen LogP contribution in [0.15, 0.2) is 6.20 Å². The molecule has 1 rings (SSSR count). The van der Waals surface area contributed by atoms with Gasteiger partial charge < -0.3 is 35.4 Å². The summed E-state index contributed by atoms with van der Waals surface area (Å²) >= 11 is 0. The zero-order chi connectivity index (χ0) is 26.5. The van der Waals surface area contributed by atoms with Crippen LogP contribution in [-0.4, -0.2) is 73.4 Å². The number of aliphatic carboxylic acids is 1. The summed E-state index contributed by atoms with van der Waals surface area (Å²) in [5.41, 5.74) is 7.61. The second kappa shape index (κ2) is 14.5. The van der Waals surface area contributed by atoms with Crippen molar-refractivity contribution in [3.05, 3.63) is 23.0 Å². The van der Waals surface area contributed by atoms with Crippen LogP contribution in [0.5, 0.6) is 0 Å². The molecular weight excluding hydrogens is 471 g/mol. The number of aromatic amines is 1. The maximum Gasteiger partial charge on any atom is 0.490 e. The van der Waals surface area contributed by atoms with Crippen molar-refractivity contribution in [3.63, 3.8) is 0 Å². The summed E-state index contributed by atoms with van der Waals surface area (Å²) < 4.78 is 45.5. The van der Waals surface area contributed by atoms with Crippen LogP contribution >= 0.6 is 0 Å². The number of hydrogen-bond acceptors (Lipinski definition) is 9. The molecule has 1 atom stereocenters. The van der Waals surface area contributed by atoms with Crippen molar-refractivity contribution >= 4 is 29.8 Å². The Morgan fingerprint density at radius 1 is 1.06 bits per heavy atom. The summed E-state index contributed by atoms with van der Waals surface area (Å²) in [4.78, 5) is 58.1. The molecule has 1 heterocycles. The van der Waals surface area contributed by atoms with E-state index in [4.69, 9.17) is 20.4 Å². The van der Waals surface area contributed by atoms with Crippen LogP contribution < -0.4 is 11.1 Å². The minimum atomic E-state index is -5.08. The van der Waals surface area contributed by atoms with Gasteiger partial charge in [-0.25, -0.2) is 4.79 Å². The van der Waals surface area contributed by atoms with Gasteiger partial charge in [-0.05, 0) is 17.5 Å². The number of carbonyl (C=O) groups is 5. The van der Waals surface area contributed by atoms with Crippen molar-refractivity contribution in [1.82, 2.24) is 10.3 Å². The van der Waals surface area contributed by atoms with Crippen molar-refractivity contribution in [2.24, 2.45) is 5.73 Å². The van der Waals surface area contributed by atoms with Crippen LogP contribution in [0.2, 0.25) is 0 Å². The van der Waals surface area contributed by atoms with E-state index in [0.717, 1.165) is 5.56 Å². The predicted octanol–water partition coefficient (Wildman–Crippen LogP) is -0.0243. The molecule has 0 fully saturated rings. The number of carboxylic acids is 1. The number of alkyl halides is 3. The summed E-state index contributed by atoms with van der Waals surface area (Å²) in [6, 6.07) is -1.05. The molecule has 0 saturated heterocycles. The van der Waals surface area contributed by atoms with Crippen molar-refractivity contribution < 1.29 is 56.5 Å². The van der Waals surface area contributed by atoms with Crippen LogP contribution in [0.1, 0.15) is 29.7 Å². The number of aryl methyl sites for hydroxylation is 1. The number of esters is 3. The average molecular weight is 497 g/mol. The molecule has 0 saturated carbocycles. The fraction of sp³-hybridized carbons (Fsp3) is 0.526. The highest BCUT2D eigenvalue weighted by atomic mass is 19.4. The first-order chi connectivity index (χ1) is 15.8. The van der Waals surface area contributed by atoms with E-state index < -0.39 is 36.0 Å². The van der Waals surface area contributed by atoms with Gasteiger partial charge in [-0.2, -0.15) is 13.2 Å². The van der Waals surface area contributed by atoms with E-state index in [1.165, 1.54) is 21.3 Å². The highest BCUT2D eigenvalue weighted by molar-refractivity contribution is 5.86. The number of H-pyrrole nitrogens is 1. The lowest BCUT2D eigenvalue weighted by atomic mass is 10.0. The number of carbonyl (C=O) groups excluding carboxylic acids is 4. The predicted molar refractivity (Wildman–Crippen MR) is 107 cm³/mol. The number of carboxylic acid groups (broad SMARTS) is 1. The van der Waals surface area contributed by atoms with E-state index in [2.05, 4.69) is 19.8 Å². The molecule has 5 N–H and O–H groups in total. The van der Waals surface area contributed by atoms with Crippen molar-refractivity contribution in [2.45, 2.75) is 44.4 Å². The number of nitrogens with two attached hydrogens (primary N) is 1. The van der Waals surface area contributed by atoms with Gasteiger partial charge in [-0.1, -0.05) is 0 Å². The third kappa shape index (κ3) is 11.3. The number of hydrogen-bond donors (Lipinski definition) is 4. The molecule has 0 spiro atoms. The first-order valence-corrected chi connectivity index (χ1v) is 9.48. The van der Waals surface area contributed by atoms with Gasteiger partial charge in [-0.3, -0.25) is 19.2 Å². The number of amides is 1. The van der Waals surface area contributed by atoms with E-state index in [-0.39, 0.29) is 31.8 Å². The molecule has 12 nitrogen and oxygen atoms in total. The second-order valence-corrected chi connectivity index (χ2v) is 6.51. The van der Waals surface area contributed by atoms with Crippen LogP contribution in [0.25, 0.3) is 0 Å². The minimum absolute atomic E-state index is 0.0179. The standard InChI is InChI=1S/C17H25N3O7.C2HF3O2/c1-25-14(21)5-4-10-8-19-13(11(10)6-15(22)26-2)9-20-17(24)12(18)7-16(23)27-3;3-2(4,5)1(6)7/h8,12,19H,4-7,9,18H2,1-3H3,(H,20,24);(H,6,7)/t12-;/m0./s1. The molecule has 192 valence electrons. The number of aromatic nitrogens is 1. The molecule has 34 heavy (non-hydrogen) atoms. The molecule has 0 aliphatic carbocycles. The Balaban J connectivity index is 0.00000135. The van der Waals surface area contributed by atoms with Crippen molar-refractivity contribution in [2.75, 3.05) is 21.3 Å². The lowest BCUT2D eigenvalue weighted by molar-refractivity contribution is -0.192. The monoisotopic (exact) mass is 497 g/mol. The number of halogens is 3. The number of ether oxygens (including phenoxy) is 3. The zero-order valence-electron chi connectivity index (χ0n) is 18.6. The average Bonchev–Trinajstić information content (AvgIpc) is 3.16. The molecule has 15 heteroatoms. The van der Waals surface area contributed by atoms with Gasteiger partial charge in [0, 0.05) is 18.3 Å². The fourth-order valence-corrected chi connectivity index (χ4v) is 2.36. The molecule has 1 amide bonds. The molecule has 0 bridgehead atoms. The normalized spacial score (nSPS) is 11.4. The van der Waals surface area contributed by atoms with Gasteiger partial charge in [-0.15, -0.1) is 0 Å². The Morgan fingerprint density at radius 2 is 1.59 bits per heavy atom. The Labute approximate surface area is 191 Å². The molecule has 0 unspecified atom stereocenters. The van der Waals surface area contributed by atoms with Crippen LogP contribution in [-0.2, 0) is 57.6 Å². The fourth-order valence-electron chi connectivity index (χ4n) is 2.36. The van der Waals surface area contributed by atoms with E-state index in [1.54, 1.807) is 6.20 Å². The van der Waals surface area contributed by atoms with Crippen LogP contribution in [0, 0.1) is 0 Å². The maximum atomic E-state index is 12.0. The van der Waals surface area contributed by atoms with Gasteiger partial charge in [0.15, 0.2) is 0 Å². The summed E-state index contributed by atoms with van der Waals surface area (Å²) in [7, 11) is 3.78. The molecular formula is C19H26F3N3O9. The van der Waals surface area contributed by atoms with Crippen LogP contribution in [0.3, 0.4) is 0 Å². The number of methoxy groups -OCH3 is 3. The topological polar surface area (TPSA) is 187 Å². The molecule has 0 aromatic carbocycles. The highest BCUT2D eigenvalue weighted by Crippen LogP contribution is 2.18. The third-order valence-electron chi connectivity index (χ3n) is 4.18. The van der Waals surface area contributed by atoms with E-state index in [1.807, 2.05) is 0 Å². The Bertz CT molecular complexity index is 869. The minimum Gasteiger partial charge on any atom is -0.475 e. The van der Waals surface area contributed by atoms with E-state index in [9.17, 15) is 32.3 Å². The van der Waals surface area contributed by atoms with Gasteiger partial charge in [0.05, 0.1) is 46.8 Å². The van der Waals surface area contributed by atoms with Gasteiger partial charge >= 0.3 is 30.1 Å². The Kier molecular flexibility index (Phi) is 13.0. The van der Waals surface area contributed by atoms with Crippen molar-refractivity contribution in [3.8, 4) is 0 Å². The molecule has 0 aliphatic rings. The Morgan fingerprint density at radius 3 is 2.06 bits per heavy atom. The van der Waals surface area contributed by atoms with Crippen molar-refractivity contribution in [1.29, 1.82) is 0 Å². The third-order valence-corrected chi connectivity index (χ3v) is 4.18.